The van der Waals surface area contributed by atoms with Gasteiger partial charge in [0.2, 0.25) is 0 Å². The summed E-state index contributed by atoms with van der Waals surface area (Å²) in [6.45, 7) is 11.3. The first-order chi connectivity index (χ1) is 7.48. The molecule has 0 aromatic rings. The van der Waals surface area contributed by atoms with Crippen molar-refractivity contribution in [3.8, 4) is 0 Å². The minimum atomic E-state index is -0.600. The largest absolute Gasteiger partial charge is 0.389 e. The lowest BCUT2D eigenvalue weighted by atomic mass is 9.94. The second kappa shape index (κ2) is 8.97. The topological polar surface area (TPSA) is 41.5 Å². The fourth-order valence-electron chi connectivity index (χ4n) is 1.80. The maximum atomic E-state index is 10.0. The third kappa shape index (κ3) is 10.4. The molecule has 3 heteroatoms. The van der Waals surface area contributed by atoms with E-state index in [0.29, 0.717) is 12.5 Å². The Hall–Kier alpha value is -0.120. The smallest absolute Gasteiger partial charge is 0.0746 e. The first-order valence-corrected chi connectivity index (χ1v) is 6.49. The van der Waals surface area contributed by atoms with Crippen LogP contribution in [-0.4, -0.2) is 37.0 Å². The summed E-state index contributed by atoms with van der Waals surface area (Å²) in [5.74, 6) is 0.526. The van der Waals surface area contributed by atoms with Crippen molar-refractivity contribution in [3.63, 3.8) is 0 Å². The zero-order chi connectivity index (χ0) is 12.4. The van der Waals surface area contributed by atoms with Gasteiger partial charge in [0.05, 0.1) is 12.2 Å². The van der Waals surface area contributed by atoms with Crippen molar-refractivity contribution in [2.75, 3.05) is 26.3 Å². The normalized spacial score (nSPS) is 15.4. The van der Waals surface area contributed by atoms with E-state index in [-0.39, 0.29) is 0 Å². The maximum Gasteiger partial charge on any atom is 0.0746 e. The molecule has 0 radical (unpaired) electrons. The van der Waals surface area contributed by atoms with Crippen LogP contribution in [0.1, 0.15) is 47.0 Å². The molecule has 0 aromatic carbocycles. The average molecular weight is 231 g/mol. The summed E-state index contributed by atoms with van der Waals surface area (Å²) >= 11 is 0. The zero-order valence-corrected chi connectivity index (χ0v) is 11.4. The Morgan fingerprint density at radius 1 is 1.31 bits per heavy atom. The van der Waals surface area contributed by atoms with E-state index in [1.165, 1.54) is 6.42 Å². The van der Waals surface area contributed by atoms with Gasteiger partial charge in [0, 0.05) is 19.7 Å². The number of hydrogen-bond acceptors (Lipinski definition) is 3. The van der Waals surface area contributed by atoms with Crippen molar-refractivity contribution in [2.45, 2.75) is 52.6 Å². The molecule has 0 aromatic heterocycles. The Labute approximate surface area is 101 Å². The molecule has 3 nitrogen and oxygen atoms in total. The molecule has 0 heterocycles. The lowest BCUT2D eigenvalue weighted by molar-refractivity contribution is 0.0360. The standard InChI is InChI=1S/C13H29NO2/c1-5-6-8-16-9-7-14-11-13(4,15)10-12(2)3/h12,14-15H,5-11H2,1-4H3. The molecule has 98 valence electrons. The monoisotopic (exact) mass is 231 g/mol. The highest BCUT2D eigenvalue weighted by Gasteiger charge is 2.20. The van der Waals surface area contributed by atoms with Gasteiger partial charge >= 0.3 is 0 Å². The number of rotatable bonds is 10. The molecule has 0 aliphatic heterocycles. The van der Waals surface area contributed by atoms with E-state index in [2.05, 4.69) is 26.1 Å². The Kier molecular flexibility index (Phi) is 8.90. The molecule has 0 rings (SSSR count). The lowest BCUT2D eigenvalue weighted by Crippen LogP contribution is -2.40. The van der Waals surface area contributed by atoms with Crippen molar-refractivity contribution < 1.29 is 9.84 Å². The average Bonchev–Trinajstić information content (AvgIpc) is 2.14. The van der Waals surface area contributed by atoms with Crippen molar-refractivity contribution >= 4 is 0 Å². The number of ether oxygens (including phenoxy) is 1. The van der Waals surface area contributed by atoms with E-state index in [0.717, 1.165) is 32.6 Å². The van der Waals surface area contributed by atoms with Gasteiger partial charge in [0.25, 0.3) is 0 Å². The maximum absolute atomic E-state index is 10.0. The van der Waals surface area contributed by atoms with Crippen LogP contribution in [-0.2, 0) is 4.74 Å². The summed E-state index contributed by atoms with van der Waals surface area (Å²) in [5.41, 5.74) is -0.600. The molecule has 1 unspecified atom stereocenters. The predicted molar refractivity (Wildman–Crippen MR) is 68.7 cm³/mol. The minimum Gasteiger partial charge on any atom is -0.389 e. The van der Waals surface area contributed by atoms with E-state index in [4.69, 9.17) is 4.74 Å². The second-order valence-electron chi connectivity index (χ2n) is 5.24. The molecule has 0 fully saturated rings. The van der Waals surface area contributed by atoms with Crippen LogP contribution in [0.5, 0.6) is 0 Å². The fraction of sp³-hybridized carbons (Fsp3) is 1.00. The van der Waals surface area contributed by atoms with Gasteiger partial charge in [-0.05, 0) is 25.7 Å². The molecule has 16 heavy (non-hydrogen) atoms. The van der Waals surface area contributed by atoms with Crippen LogP contribution in [0.3, 0.4) is 0 Å². The SMILES string of the molecule is CCCCOCCNCC(C)(O)CC(C)C. The van der Waals surface area contributed by atoms with Gasteiger partial charge in [-0.15, -0.1) is 0 Å². The summed E-state index contributed by atoms with van der Waals surface area (Å²) < 4.78 is 5.43. The molecular weight excluding hydrogens is 202 g/mol. The van der Waals surface area contributed by atoms with E-state index >= 15 is 0 Å². The molecule has 0 spiro atoms. The van der Waals surface area contributed by atoms with Crippen LogP contribution in [0, 0.1) is 5.92 Å². The summed E-state index contributed by atoms with van der Waals surface area (Å²) in [6.07, 6.45) is 3.14. The van der Waals surface area contributed by atoms with Crippen molar-refractivity contribution in [3.05, 3.63) is 0 Å². The van der Waals surface area contributed by atoms with Gasteiger partial charge in [-0.3, -0.25) is 0 Å². The van der Waals surface area contributed by atoms with Crippen molar-refractivity contribution in [1.29, 1.82) is 0 Å². The van der Waals surface area contributed by atoms with E-state index < -0.39 is 5.60 Å². The first kappa shape index (κ1) is 15.9. The zero-order valence-electron chi connectivity index (χ0n) is 11.4. The van der Waals surface area contributed by atoms with Crippen LogP contribution < -0.4 is 5.32 Å². The highest BCUT2D eigenvalue weighted by atomic mass is 16.5. The second-order valence-corrected chi connectivity index (χ2v) is 5.24. The molecule has 0 aliphatic rings. The van der Waals surface area contributed by atoms with Gasteiger partial charge in [0.15, 0.2) is 0 Å². The van der Waals surface area contributed by atoms with Crippen LogP contribution in [0.2, 0.25) is 0 Å². The fourth-order valence-corrected chi connectivity index (χ4v) is 1.80. The third-order valence-corrected chi connectivity index (χ3v) is 2.42. The Morgan fingerprint density at radius 2 is 2.00 bits per heavy atom. The van der Waals surface area contributed by atoms with Gasteiger partial charge in [-0.2, -0.15) is 0 Å². The number of unbranched alkanes of at least 4 members (excludes halogenated alkanes) is 1. The minimum absolute atomic E-state index is 0.526. The third-order valence-electron chi connectivity index (χ3n) is 2.42. The van der Waals surface area contributed by atoms with E-state index in [1.54, 1.807) is 0 Å². The Bertz CT molecular complexity index is 158. The summed E-state index contributed by atoms with van der Waals surface area (Å²) in [6, 6.07) is 0. The van der Waals surface area contributed by atoms with Crippen LogP contribution >= 0.6 is 0 Å². The Balaban J connectivity index is 3.36. The summed E-state index contributed by atoms with van der Waals surface area (Å²) in [4.78, 5) is 0. The molecule has 0 amide bonds. The highest BCUT2D eigenvalue weighted by Crippen LogP contribution is 2.14. The first-order valence-electron chi connectivity index (χ1n) is 6.49. The van der Waals surface area contributed by atoms with Crippen molar-refractivity contribution in [2.24, 2.45) is 5.92 Å². The molecule has 2 N–H and O–H groups in total. The van der Waals surface area contributed by atoms with Gasteiger partial charge < -0.3 is 15.2 Å². The summed E-state index contributed by atoms with van der Waals surface area (Å²) in [5, 5.41) is 13.3. The van der Waals surface area contributed by atoms with Crippen molar-refractivity contribution in [1.82, 2.24) is 5.32 Å². The quantitative estimate of drug-likeness (QED) is 0.566. The molecule has 0 saturated carbocycles. The highest BCUT2D eigenvalue weighted by molar-refractivity contribution is 4.76. The number of nitrogens with one attached hydrogen (secondary N) is 1. The number of hydrogen-bond donors (Lipinski definition) is 2. The Morgan fingerprint density at radius 3 is 2.56 bits per heavy atom. The van der Waals surface area contributed by atoms with Gasteiger partial charge in [0.1, 0.15) is 0 Å². The summed E-state index contributed by atoms with van der Waals surface area (Å²) in [7, 11) is 0. The van der Waals surface area contributed by atoms with Gasteiger partial charge in [-0.1, -0.05) is 27.2 Å². The lowest BCUT2D eigenvalue weighted by Gasteiger charge is -2.25. The number of aliphatic hydroxyl groups is 1. The van der Waals surface area contributed by atoms with Crippen LogP contribution in [0.15, 0.2) is 0 Å². The van der Waals surface area contributed by atoms with Gasteiger partial charge in [-0.25, -0.2) is 0 Å². The van der Waals surface area contributed by atoms with Crippen LogP contribution in [0.4, 0.5) is 0 Å². The van der Waals surface area contributed by atoms with E-state index in [9.17, 15) is 5.11 Å². The molecule has 0 saturated heterocycles. The molecular formula is C13H29NO2. The van der Waals surface area contributed by atoms with E-state index in [1.807, 2.05) is 6.92 Å². The molecule has 0 aliphatic carbocycles. The van der Waals surface area contributed by atoms with Crippen LogP contribution in [0.25, 0.3) is 0 Å². The molecule has 1 atom stereocenters. The molecule has 0 bridgehead atoms. The predicted octanol–water partition coefficient (Wildman–Crippen LogP) is 2.19.